The lowest BCUT2D eigenvalue weighted by atomic mass is 9.35. The van der Waals surface area contributed by atoms with Crippen molar-refractivity contribution in [2.24, 2.45) is 0 Å². The Bertz CT molecular complexity index is 1840. The van der Waals surface area contributed by atoms with Crippen LogP contribution in [0.25, 0.3) is 27.5 Å². The first-order valence-electron chi connectivity index (χ1n) is 14.3. The van der Waals surface area contributed by atoms with Crippen molar-refractivity contribution >= 4 is 56.7 Å². The van der Waals surface area contributed by atoms with Crippen LogP contribution < -0.4 is 16.4 Å². The lowest BCUT2D eigenvalue weighted by Crippen LogP contribution is -2.59. The maximum Gasteiger partial charge on any atom is 0.249 e. The molecule has 3 heterocycles. The summed E-state index contributed by atoms with van der Waals surface area (Å²) < 4.78 is 2.58. The molecule has 7 rings (SSSR count). The Morgan fingerprint density at radius 2 is 1.21 bits per heavy atom. The molecule has 0 saturated heterocycles. The Hall–Kier alpha value is -2.91. The van der Waals surface area contributed by atoms with E-state index in [0.29, 0.717) is 0 Å². The van der Waals surface area contributed by atoms with Crippen LogP contribution in [0.15, 0.2) is 76.5 Å². The van der Waals surface area contributed by atoms with E-state index in [-0.39, 0.29) is 23.0 Å². The lowest BCUT2D eigenvalue weighted by molar-refractivity contribution is 0.590. The minimum Gasteiger partial charge on any atom is -0.310 e. The van der Waals surface area contributed by atoms with Crippen molar-refractivity contribution in [2.45, 2.75) is 88.3 Å². The third-order valence-corrected chi connectivity index (χ3v) is 10.1. The van der Waals surface area contributed by atoms with Gasteiger partial charge in [-0.05, 0) is 80.3 Å². The summed E-state index contributed by atoms with van der Waals surface area (Å²) in [5.41, 5.74) is 12.9. The van der Waals surface area contributed by atoms with Gasteiger partial charge < -0.3 is 4.57 Å². The smallest absolute Gasteiger partial charge is 0.249 e. The van der Waals surface area contributed by atoms with Crippen molar-refractivity contribution in [2.75, 3.05) is 0 Å². The van der Waals surface area contributed by atoms with Crippen molar-refractivity contribution in [1.82, 2.24) is 4.57 Å². The van der Waals surface area contributed by atoms with Crippen LogP contribution in [-0.2, 0) is 16.2 Å². The molecule has 196 valence electrons. The van der Waals surface area contributed by atoms with Gasteiger partial charge in [0, 0.05) is 31.8 Å². The summed E-state index contributed by atoms with van der Waals surface area (Å²) >= 11 is 1.94. The Kier molecular flexibility index (Phi) is 5.05. The number of benzene rings is 4. The fourth-order valence-electron chi connectivity index (χ4n) is 6.59. The van der Waals surface area contributed by atoms with Gasteiger partial charge in [0.25, 0.3) is 0 Å². The summed E-state index contributed by atoms with van der Waals surface area (Å²) in [6, 6.07) is 26.4. The molecule has 0 atom stereocenters. The van der Waals surface area contributed by atoms with Gasteiger partial charge >= 0.3 is 0 Å². The Morgan fingerprint density at radius 3 is 1.90 bits per heavy atom. The summed E-state index contributed by atoms with van der Waals surface area (Å²) in [5.74, 6) is 0. The van der Waals surface area contributed by atoms with Crippen molar-refractivity contribution < 1.29 is 0 Å². The highest BCUT2D eigenvalue weighted by Gasteiger charge is 2.40. The maximum atomic E-state index is 2.58. The molecule has 5 aromatic rings. The third kappa shape index (κ3) is 3.62. The molecule has 2 aliphatic rings. The van der Waals surface area contributed by atoms with E-state index in [1.165, 1.54) is 70.4 Å². The van der Waals surface area contributed by atoms with Gasteiger partial charge in [-0.3, -0.25) is 0 Å². The topological polar surface area (TPSA) is 4.93 Å². The Labute approximate surface area is 238 Å². The molecule has 0 spiro atoms. The van der Waals surface area contributed by atoms with Crippen molar-refractivity contribution in [3.8, 4) is 5.69 Å². The SMILES string of the molecule is CC(C)(C)c1ccc2c(c1)B1c3c(cccc3-n3c4ccc(C(C)(C)C)cc4c4cc(C(C)(C)C)cc1c43)S2. The standard InChI is InChI=1S/C36H38BNS/c1-34(2,3)21-13-15-28-24(17-21)25-18-23(36(7,8)9)20-27-33(25)38(28)29-11-10-12-31-32(29)37(27)26-19-22(35(4,5)6)14-16-30(26)39-31/h10-20H,1-9H3. The minimum absolute atomic E-state index is 0.0556. The van der Waals surface area contributed by atoms with Crippen LogP contribution in [0.5, 0.6) is 0 Å². The van der Waals surface area contributed by atoms with Gasteiger partial charge in [-0.15, -0.1) is 0 Å². The van der Waals surface area contributed by atoms with E-state index >= 15 is 0 Å². The van der Waals surface area contributed by atoms with Crippen LogP contribution in [0.3, 0.4) is 0 Å². The molecule has 0 radical (unpaired) electrons. The first-order valence-corrected chi connectivity index (χ1v) is 15.1. The zero-order chi connectivity index (χ0) is 27.6. The number of nitrogens with zero attached hydrogens (tertiary/aromatic N) is 1. The summed E-state index contributed by atoms with van der Waals surface area (Å²) in [7, 11) is 0. The number of hydrogen-bond acceptors (Lipinski definition) is 1. The van der Waals surface area contributed by atoms with Crippen LogP contribution in [0, 0.1) is 0 Å². The summed E-state index contributed by atoms with van der Waals surface area (Å²) in [6.45, 7) is 21.2. The Morgan fingerprint density at radius 1 is 0.590 bits per heavy atom. The molecule has 0 bridgehead atoms. The molecule has 1 aromatic heterocycles. The molecule has 4 aromatic carbocycles. The third-order valence-electron chi connectivity index (χ3n) is 8.91. The van der Waals surface area contributed by atoms with Crippen molar-refractivity contribution in [1.29, 1.82) is 0 Å². The minimum atomic E-state index is 0.0556. The van der Waals surface area contributed by atoms with E-state index in [1.54, 1.807) is 0 Å². The van der Waals surface area contributed by atoms with E-state index in [2.05, 4.69) is 134 Å². The molecule has 0 amide bonds. The summed E-state index contributed by atoms with van der Waals surface area (Å²) in [5, 5.41) is 2.76. The van der Waals surface area contributed by atoms with Gasteiger partial charge in [0.05, 0.1) is 5.52 Å². The molecule has 0 saturated carbocycles. The number of fused-ring (bicyclic) bond motifs is 7. The molecule has 0 fully saturated rings. The predicted octanol–water partition coefficient (Wildman–Crippen LogP) is 7.97. The van der Waals surface area contributed by atoms with Crippen LogP contribution in [0.4, 0.5) is 0 Å². The molecule has 0 unspecified atom stereocenters. The number of aromatic nitrogens is 1. The molecule has 3 heteroatoms. The Balaban J connectivity index is 1.66. The first kappa shape index (κ1) is 25.1. The van der Waals surface area contributed by atoms with E-state index in [9.17, 15) is 0 Å². The molecule has 39 heavy (non-hydrogen) atoms. The van der Waals surface area contributed by atoms with Crippen molar-refractivity contribution in [3.63, 3.8) is 0 Å². The molecular formula is C36H38BNS. The molecule has 0 N–H and O–H groups in total. The molecule has 2 aliphatic heterocycles. The van der Waals surface area contributed by atoms with E-state index < -0.39 is 0 Å². The highest BCUT2D eigenvalue weighted by molar-refractivity contribution is 8.00. The molecule has 1 nitrogen and oxygen atoms in total. The number of rotatable bonds is 0. The highest BCUT2D eigenvalue weighted by Crippen LogP contribution is 2.41. The van der Waals surface area contributed by atoms with Crippen molar-refractivity contribution in [3.05, 3.63) is 83.4 Å². The van der Waals surface area contributed by atoms with E-state index in [4.69, 9.17) is 0 Å². The fourth-order valence-corrected chi connectivity index (χ4v) is 7.73. The van der Waals surface area contributed by atoms with Crippen LogP contribution in [0.2, 0.25) is 0 Å². The zero-order valence-corrected chi connectivity index (χ0v) is 25.6. The summed E-state index contributed by atoms with van der Waals surface area (Å²) in [6.07, 6.45) is 0. The largest absolute Gasteiger partial charge is 0.310 e. The monoisotopic (exact) mass is 527 g/mol. The second kappa shape index (κ2) is 7.85. The van der Waals surface area contributed by atoms with Gasteiger partial charge in [-0.25, -0.2) is 0 Å². The molecular weight excluding hydrogens is 489 g/mol. The zero-order valence-electron chi connectivity index (χ0n) is 24.8. The molecule has 0 aliphatic carbocycles. The van der Waals surface area contributed by atoms with E-state index in [0.717, 1.165) is 0 Å². The van der Waals surface area contributed by atoms with Gasteiger partial charge in [-0.2, -0.15) is 0 Å². The average Bonchev–Trinajstić information content (AvgIpc) is 3.18. The quantitative estimate of drug-likeness (QED) is 0.181. The van der Waals surface area contributed by atoms with Gasteiger partial charge in [-0.1, -0.05) is 110 Å². The van der Waals surface area contributed by atoms with Gasteiger partial charge in [0.1, 0.15) is 0 Å². The lowest BCUT2D eigenvalue weighted by Gasteiger charge is -2.35. The van der Waals surface area contributed by atoms with Crippen LogP contribution in [-0.4, -0.2) is 11.3 Å². The average molecular weight is 528 g/mol. The van der Waals surface area contributed by atoms with Crippen LogP contribution >= 0.6 is 11.8 Å². The number of hydrogen-bond donors (Lipinski definition) is 0. The highest BCUT2D eigenvalue weighted by atomic mass is 32.2. The second-order valence-corrected chi connectivity index (χ2v) is 15.8. The maximum absolute atomic E-state index is 2.58. The first-order chi connectivity index (χ1) is 18.2. The second-order valence-electron chi connectivity index (χ2n) is 14.8. The normalized spacial score (nSPS) is 14.6. The fraction of sp³-hybridized carbons (Fsp3) is 0.333. The van der Waals surface area contributed by atoms with Crippen LogP contribution in [0.1, 0.15) is 79.0 Å². The van der Waals surface area contributed by atoms with Gasteiger partial charge in [0.2, 0.25) is 6.71 Å². The van der Waals surface area contributed by atoms with Gasteiger partial charge in [0.15, 0.2) is 0 Å². The predicted molar refractivity (Wildman–Crippen MR) is 172 cm³/mol. The van der Waals surface area contributed by atoms with E-state index in [1.807, 2.05) is 11.8 Å². The summed E-state index contributed by atoms with van der Waals surface area (Å²) in [4.78, 5) is 2.79.